The minimum absolute atomic E-state index is 0.0501. The standard InChI is InChI=1S/C13H18BrN3O/c1-9-2-3-17(8-11(9)5-15)13(18)10-4-12(14)7-16-6-10/h4,6-7,9,11H,2-3,5,8,15H2,1H3. The van der Waals surface area contributed by atoms with E-state index in [-0.39, 0.29) is 5.91 Å². The van der Waals surface area contributed by atoms with Gasteiger partial charge in [0.15, 0.2) is 0 Å². The maximum Gasteiger partial charge on any atom is 0.255 e. The lowest BCUT2D eigenvalue weighted by molar-refractivity contribution is 0.0618. The number of pyridine rings is 1. The van der Waals surface area contributed by atoms with E-state index < -0.39 is 0 Å². The predicted molar refractivity (Wildman–Crippen MR) is 74.2 cm³/mol. The summed E-state index contributed by atoms with van der Waals surface area (Å²) < 4.78 is 0.828. The molecule has 0 bridgehead atoms. The van der Waals surface area contributed by atoms with Gasteiger partial charge >= 0.3 is 0 Å². The summed E-state index contributed by atoms with van der Waals surface area (Å²) in [4.78, 5) is 18.3. The van der Waals surface area contributed by atoms with Crippen LogP contribution in [0.2, 0.25) is 0 Å². The number of nitrogens with two attached hydrogens (primary N) is 1. The highest BCUT2D eigenvalue weighted by Crippen LogP contribution is 2.23. The van der Waals surface area contributed by atoms with Gasteiger partial charge in [-0.15, -0.1) is 0 Å². The van der Waals surface area contributed by atoms with Crippen LogP contribution in [0, 0.1) is 11.8 Å². The van der Waals surface area contributed by atoms with Gasteiger partial charge in [-0.25, -0.2) is 0 Å². The Morgan fingerprint density at radius 3 is 3.06 bits per heavy atom. The lowest BCUT2D eigenvalue weighted by atomic mass is 9.87. The number of carbonyl (C=O) groups is 1. The van der Waals surface area contributed by atoms with Crippen LogP contribution >= 0.6 is 15.9 Å². The molecule has 2 unspecified atom stereocenters. The number of amides is 1. The van der Waals surface area contributed by atoms with Crippen molar-refractivity contribution < 1.29 is 4.79 Å². The van der Waals surface area contributed by atoms with Crippen LogP contribution in [0.25, 0.3) is 0 Å². The second-order valence-corrected chi connectivity index (χ2v) is 5.82. The van der Waals surface area contributed by atoms with E-state index in [1.807, 2.05) is 11.0 Å². The molecule has 0 aliphatic carbocycles. The van der Waals surface area contributed by atoms with Crippen molar-refractivity contribution in [3.63, 3.8) is 0 Å². The van der Waals surface area contributed by atoms with Gasteiger partial charge in [0.25, 0.3) is 5.91 Å². The summed E-state index contributed by atoms with van der Waals surface area (Å²) in [7, 11) is 0. The first-order chi connectivity index (χ1) is 8.61. The van der Waals surface area contributed by atoms with Crippen LogP contribution in [-0.4, -0.2) is 35.4 Å². The number of hydrogen-bond acceptors (Lipinski definition) is 3. The molecule has 1 aliphatic heterocycles. The Hall–Kier alpha value is -0.940. The second kappa shape index (κ2) is 5.80. The van der Waals surface area contributed by atoms with Gasteiger partial charge < -0.3 is 10.6 Å². The third-order valence-electron chi connectivity index (χ3n) is 3.66. The van der Waals surface area contributed by atoms with Crippen LogP contribution < -0.4 is 5.73 Å². The Morgan fingerprint density at radius 2 is 2.39 bits per heavy atom. The molecule has 0 saturated carbocycles. The van der Waals surface area contributed by atoms with Crippen molar-refractivity contribution in [2.24, 2.45) is 17.6 Å². The molecule has 0 radical (unpaired) electrons. The van der Waals surface area contributed by atoms with E-state index in [2.05, 4.69) is 27.8 Å². The number of piperidine rings is 1. The van der Waals surface area contributed by atoms with Crippen molar-refractivity contribution in [3.8, 4) is 0 Å². The smallest absolute Gasteiger partial charge is 0.255 e. The van der Waals surface area contributed by atoms with Gasteiger partial charge in [0.2, 0.25) is 0 Å². The van der Waals surface area contributed by atoms with Crippen LogP contribution in [0.1, 0.15) is 23.7 Å². The Kier molecular flexibility index (Phi) is 4.35. The molecular formula is C13H18BrN3O. The lowest BCUT2D eigenvalue weighted by Gasteiger charge is -2.36. The van der Waals surface area contributed by atoms with Crippen molar-refractivity contribution in [2.75, 3.05) is 19.6 Å². The molecule has 1 aliphatic rings. The maximum atomic E-state index is 12.3. The van der Waals surface area contributed by atoms with Crippen LogP contribution in [0.3, 0.4) is 0 Å². The zero-order chi connectivity index (χ0) is 13.1. The van der Waals surface area contributed by atoms with Crippen molar-refractivity contribution in [1.82, 2.24) is 9.88 Å². The van der Waals surface area contributed by atoms with E-state index in [9.17, 15) is 4.79 Å². The highest BCUT2D eigenvalue weighted by atomic mass is 79.9. The van der Waals surface area contributed by atoms with Crippen LogP contribution in [0.15, 0.2) is 22.9 Å². The summed E-state index contributed by atoms with van der Waals surface area (Å²) in [6.45, 7) is 4.41. The molecule has 2 rings (SSSR count). The topological polar surface area (TPSA) is 59.2 Å². The fourth-order valence-corrected chi connectivity index (χ4v) is 2.72. The molecule has 0 spiro atoms. The molecular weight excluding hydrogens is 294 g/mol. The number of rotatable bonds is 2. The fraction of sp³-hybridized carbons (Fsp3) is 0.538. The Morgan fingerprint density at radius 1 is 1.61 bits per heavy atom. The van der Waals surface area contributed by atoms with Gasteiger partial charge in [-0.3, -0.25) is 9.78 Å². The van der Waals surface area contributed by atoms with Gasteiger partial charge in [0, 0.05) is 30.0 Å². The van der Waals surface area contributed by atoms with Gasteiger partial charge in [-0.1, -0.05) is 6.92 Å². The number of likely N-dealkylation sites (tertiary alicyclic amines) is 1. The lowest BCUT2D eigenvalue weighted by Crippen LogP contribution is -2.45. The highest BCUT2D eigenvalue weighted by Gasteiger charge is 2.28. The molecule has 1 aromatic rings. The van der Waals surface area contributed by atoms with E-state index in [0.29, 0.717) is 23.9 Å². The van der Waals surface area contributed by atoms with E-state index in [0.717, 1.165) is 24.0 Å². The van der Waals surface area contributed by atoms with Gasteiger partial charge in [-0.05, 0) is 46.8 Å². The predicted octanol–water partition coefficient (Wildman–Crippen LogP) is 1.90. The zero-order valence-corrected chi connectivity index (χ0v) is 12.1. The first-order valence-corrected chi connectivity index (χ1v) is 7.01. The molecule has 18 heavy (non-hydrogen) atoms. The molecule has 1 aromatic heterocycles. The van der Waals surface area contributed by atoms with Gasteiger partial charge in [-0.2, -0.15) is 0 Å². The number of halogens is 1. The normalized spacial score (nSPS) is 24.1. The molecule has 1 amide bonds. The van der Waals surface area contributed by atoms with Crippen molar-refractivity contribution >= 4 is 21.8 Å². The average Bonchev–Trinajstić information content (AvgIpc) is 2.38. The van der Waals surface area contributed by atoms with E-state index in [4.69, 9.17) is 5.73 Å². The minimum atomic E-state index is 0.0501. The monoisotopic (exact) mass is 311 g/mol. The minimum Gasteiger partial charge on any atom is -0.338 e. The number of nitrogens with zero attached hydrogens (tertiary/aromatic N) is 2. The first-order valence-electron chi connectivity index (χ1n) is 6.21. The van der Waals surface area contributed by atoms with Crippen LogP contribution in [0.4, 0.5) is 0 Å². The summed E-state index contributed by atoms with van der Waals surface area (Å²) in [5.41, 5.74) is 6.40. The molecule has 2 N–H and O–H groups in total. The summed E-state index contributed by atoms with van der Waals surface area (Å²) in [6.07, 6.45) is 4.31. The quantitative estimate of drug-likeness (QED) is 0.907. The molecule has 2 atom stereocenters. The number of hydrogen-bond donors (Lipinski definition) is 1. The Bertz CT molecular complexity index is 438. The fourth-order valence-electron chi connectivity index (χ4n) is 2.35. The van der Waals surface area contributed by atoms with Crippen LogP contribution in [0.5, 0.6) is 0 Å². The summed E-state index contributed by atoms with van der Waals surface area (Å²) in [5, 5.41) is 0. The summed E-state index contributed by atoms with van der Waals surface area (Å²) in [5.74, 6) is 1.05. The third kappa shape index (κ3) is 2.90. The summed E-state index contributed by atoms with van der Waals surface area (Å²) in [6, 6.07) is 1.81. The average molecular weight is 312 g/mol. The molecule has 4 nitrogen and oxygen atoms in total. The Balaban J connectivity index is 2.10. The van der Waals surface area contributed by atoms with Crippen molar-refractivity contribution in [2.45, 2.75) is 13.3 Å². The van der Waals surface area contributed by atoms with E-state index in [1.165, 1.54) is 0 Å². The van der Waals surface area contributed by atoms with Crippen molar-refractivity contribution in [1.29, 1.82) is 0 Å². The molecule has 98 valence electrons. The number of aromatic nitrogens is 1. The van der Waals surface area contributed by atoms with Gasteiger partial charge in [0.05, 0.1) is 5.56 Å². The molecule has 1 fully saturated rings. The van der Waals surface area contributed by atoms with Crippen molar-refractivity contribution in [3.05, 3.63) is 28.5 Å². The second-order valence-electron chi connectivity index (χ2n) is 4.90. The maximum absolute atomic E-state index is 12.3. The SMILES string of the molecule is CC1CCN(C(=O)c2cncc(Br)c2)CC1CN. The first kappa shape index (κ1) is 13.5. The van der Waals surface area contributed by atoms with E-state index in [1.54, 1.807) is 12.4 Å². The number of carbonyl (C=O) groups excluding carboxylic acids is 1. The van der Waals surface area contributed by atoms with Crippen LogP contribution in [-0.2, 0) is 0 Å². The molecule has 5 heteroatoms. The molecule has 2 heterocycles. The summed E-state index contributed by atoms with van der Waals surface area (Å²) >= 11 is 3.34. The Labute approximate surface area is 116 Å². The van der Waals surface area contributed by atoms with Gasteiger partial charge in [0.1, 0.15) is 0 Å². The zero-order valence-electron chi connectivity index (χ0n) is 10.5. The third-order valence-corrected chi connectivity index (χ3v) is 4.09. The molecule has 0 aromatic carbocycles. The molecule has 1 saturated heterocycles. The largest absolute Gasteiger partial charge is 0.338 e. The highest BCUT2D eigenvalue weighted by molar-refractivity contribution is 9.10. The van der Waals surface area contributed by atoms with E-state index >= 15 is 0 Å².